The first kappa shape index (κ1) is 29.9. The third-order valence-electron chi connectivity index (χ3n) is 3.56. The van der Waals surface area contributed by atoms with Crippen LogP contribution < -0.4 is 11.4 Å². The molecule has 0 fully saturated rings. The Kier molecular flexibility index (Phi) is 10.4. The van der Waals surface area contributed by atoms with Crippen molar-refractivity contribution in [3.63, 3.8) is 0 Å². The predicted octanol–water partition coefficient (Wildman–Crippen LogP) is -1.29. The Balaban J connectivity index is 3.18. The summed E-state index contributed by atoms with van der Waals surface area (Å²) in [4.78, 5) is 50.8. The zero-order valence-corrected chi connectivity index (χ0v) is 18.8. The quantitative estimate of drug-likeness (QED) is 0.133. The first-order chi connectivity index (χ1) is 15.0. The molecular weight excluding hydrogens is 529 g/mol. The molecule has 1 rings (SSSR count). The van der Waals surface area contributed by atoms with Gasteiger partial charge in [-0.05, 0) is 6.07 Å². The largest absolute Gasteiger partial charge is 0.490 e. The maximum Gasteiger partial charge on any atom is 0.490 e. The average molecular weight is 549 g/mol. The van der Waals surface area contributed by atoms with Crippen molar-refractivity contribution in [1.82, 2.24) is 9.55 Å². The second-order valence-electron chi connectivity index (χ2n) is 6.03. The number of nitrogens with two attached hydrogens (primary N) is 1. The first-order valence-corrected chi connectivity index (χ1v) is 12.7. The molecule has 0 saturated heterocycles. The van der Waals surface area contributed by atoms with Gasteiger partial charge < -0.3 is 40.3 Å². The van der Waals surface area contributed by atoms with E-state index in [1.165, 1.54) is 0 Å². The molecule has 0 spiro atoms. The van der Waals surface area contributed by atoms with Gasteiger partial charge in [0, 0.05) is 6.20 Å². The van der Waals surface area contributed by atoms with Crippen molar-refractivity contribution in [2.24, 2.45) is 0 Å². The highest BCUT2D eigenvalue weighted by atomic mass is 31.3. The van der Waals surface area contributed by atoms with E-state index in [0.29, 0.717) is 4.57 Å². The van der Waals surface area contributed by atoms with E-state index in [-0.39, 0.29) is 5.82 Å². The number of phosphoric acid groups is 3. The molecule has 0 amide bonds. The average Bonchev–Trinajstić information content (AvgIpc) is 2.66. The lowest BCUT2D eigenvalue weighted by atomic mass is 10.00. The summed E-state index contributed by atoms with van der Waals surface area (Å²) in [5.41, 5.74) is 1.23. The minimum Gasteiger partial charge on any atom is -0.392 e. The molecule has 0 saturated carbocycles. The monoisotopic (exact) mass is 549 g/mol. The van der Waals surface area contributed by atoms with Crippen LogP contribution >= 0.6 is 23.5 Å². The summed E-state index contributed by atoms with van der Waals surface area (Å²) in [5, 5.41) is 19.4. The molecule has 1 heterocycles. The van der Waals surface area contributed by atoms with Crippen molar-refractivity contribution in [2.45, 2.75) is 17.9 Å². The van der Waals surface area contributed by atoms with Crippen molar-refractivity contribution in [1.29, 1.82) is 0 Å². The van der Waals surface area contributed by atoms with Gasteiger partial charge in [-0.1, -0.05) is 0 Å². The van der Waals surface area contributed by atoms with E-state index in [1.54, 1.807) is 0 Å². The maximum absolute atomic E-state index is 13.9. The summed E-state index contributed by atoms with van der Waals surface area (Å²) < 4.78 is 77.7. The fourth-order valence-corrected chi connectivity index (χ4v) is 5.18. The van der Waals surface area contributed by atoms with Crippen LogP contribution in [0.3, 0.4) is 0 Å². The summed E-state index contributed by atoms with van der Waals surface area (Å²) in [6, 6.07) is 1.06. The van der Waals surface area contributed by atoms with Crippen LogP contribution in [0.15, 0.2) is 17.1 Å². The van der Waals surface area contributed by atoms with Gasteiger partial charge in [0.05, 0.1) is 13.2 Å². The number of ether oxygens (including phenoxy) is 1. The predicted molar refractivity (Wildman–Crippen MR) is 101 cm³/mol. The number of aliphatic hydroxyl groups is 2. The number of hydrogen-bond acceptors (Lipinski definition) is 12. The summed E-state index contributed by atoms with van der Waals surface area (Å²) in [6.07, 6.45) is -3.42. The molecule has 0 aromatic carbocycles. The highest BCUT2D eigenvalue weighted by Gasteiger charge is 2.47. The number of alkyl halides is 2. The molecule has 5 atom stereocenters. The lowest BCUT2D eigenvalue weighted by Crippen LogP contribution is -2.54. The topological polar surface area (TPSA) is 270 Å². The molecule has 33 heavy (non-hydrogen) atoms. The number of rotatable bonds is 14. The van der Waals surface area contributed by atoms with E-state index in [0.717, 1.165) is 12.3 Å². The number of anilines is 1. The number of aliphatic hydroxyl groups excluding tert-OH is 2. The minimum atomic E-state index is -5.93. The first-order valence-electron chi connectivity index (χ1n) is 8.21. The second kappa shape index (κ2) is 11.5. The van der Waals surface area contributed by atoms with Gasteiger partial charge in [0.15, 0.2) is 11.8 Å². The Bertz CT molecular complexity index is 1010. The molecule has 0 aliphatic carbocycles. The summed E-state index contributed by atoms with van der Waals surface area (Å²) in [7, 11) is -17.4. The number of aromatic nitrogens is 2. The van der Waals surface area contributed by atoms with Crippen molar-refractivity contribution in [3.05, 3.63) is 22.7 Å². The molecule has 192 valence electrons. The lowest BCUT2D eigenvalue weighted by Gasteiger charge is -2.37. The molecule has 22 heteroatoms. The third-order valence-corrected chi connectivity index (χ3v) is 7.34. The minimum absolute atomic E-state index is 0.249. The van der Waals surface area contributed by atoms with Crippen molar-refractivity contribution in [3.8, 4) is 0 Å². The van der Waals surface area contributed by atoms with Gasteiger partial charge in [-0.15, -0.1) is 0 Å². The zero-order valence-electron chi connectivity index (χ0n) is 16.2. The van der Waals surface area contributed by atoms with E-state index in [1.807, 2.05) is 0 Å². The molecular formula is C11H20F2N3O14P3. The third kappa shape index (κ3) is 9.18. The summed E-state index contributed by atoms with van der Waals surface area (Å²) in [6.45, 7) is -6.37. The molecule has 0 aliphatic heterocycles. The van der Waals surface area contributed by atoms with Crippen LogP contribution in [0.2, 0.25) is 0 Å². The molecule has 0 aliphatic rings. The lowest BCUT2D eigenvalue weighted by molar-refractivity contribution is -0.213. The Morgan fingerprint density at radius 3 is 2.21 bits per heavy atom. The standard InChI is InChI=1S/C11H20F2N3O14P3/c12-3-7(18)11(5-13,28-9(4-17)16-2-1-8(14)15-10(16)19)6-27-32(23,24)30-33(25,26)29-31(20,21)22/h1-2,7,9,17-18H,3-6H2,(H,23,24)(H,25,26)(H2,14,15,19)(H2,20,21,22)/t7-,9+,11+/m0/s1. The fraction of sp³-hybridized carbons (Fsp3) is 0.636. The van der Waals surface area contributed by atoms with Gasteiger partial charge in [0.25, 0.3) is 0 Å². The van der Waals surface area contributed by atoms with E-state index in [9.17, 15) is 42.4 Å². The van der Waals surface area contributed by atoms with Gasteiger partial charge in [-0.2, -0.15) is 13.6 Å². The summed E-state index contributed by atoms with van der Waals surface area (Å²) in [5.74, 6) is -0.249. The highest BCUT2D eigenvalue weighted by molar-refractivity contribution is 7.66. The van der Waals surface area contributed by atoms with Crippen LogP contribution in [0.25, 0.3) is 0 Å². The molecule has 1 aromatic rings. The Morgan fingerprint density at radius 2 is 1.76 bits per heavy atom. The van der Waals surface area contributed by atoms with E-state index in [4.69, 9.17) is 25.2 Å². The second-order valence-corrected chi connectivity index (χ2v) is 10.5. The maximum atomic E-state index is 13.9. The van der Waals surface area contributed by atoms with Crippen LogP contribution in [0.5, 0.6) is 0 Å². The highest BCUT2D eigenvalue weighted by Crippen LogP contribution is 2.66. The van der Waals surface area contributed by atoms with E-state index in [2.05, 4.69) is 18.1 Å². The zero-order chi connectivity index (χ0) is 25.7. The van der Waals surface area contributed by atoms with Crippen molar-refractivity contribution < 1.29 is 70.1 Å². The van der Waals surface area contributed by atoms with Crippen LogP contribution in [-0.2, 0) is 31.6 Å². The number of phosphoric ester groups is 1. The Labute approximate surface area is 182 Å². The summed E-state index contributed by atoms with van der Waals surface area (Å²) >= 11 is 0. The SMILES string of the molecule is Nc1ccn([C@@H](CO)O[C@](CF)(COP(=O)(O)OP(=O)(O)OP(=O)(O)O)[C@@H](O)CF)c(=O)n1. The Hall–Kier alpha value is -1.17. The van der Waals surface area contributed by atoms with Gasteiger partial charge >= 0.3 is 29.2 Å². The van der Waals surface area contributed by atoms with Crippen LogP contribution in [0.4, 0.5) is 14.6 Å². The fourth-order valence-electron chi connectivity index (χ4n) is 2.10. The van der Waals surface area contributed by atoms with E-state index < -0.39 is 73.7 Å². The number of halogens is 2. The Morgan fingerprint density at radius 1 is 1.15 bits per heavy atom. The van der Waals surface area contributed by atoms with Crippen LogP contribution in [-0.4, -0.2) is 77.6 Å². The number of hydrogen-bond donors (Lipinski definition) is 7. The molecule has 0 bridgehead atoms. The molecule has 17 nitrogen and oxygen atoms in total. The van der Waals surface area contributed by atoms with Crippen LogP contribution in [0, 0.1) is 0 Å². The van der Waals surface area contributed by atoms with Gasteiger partial charge in [0.2, 0.25) is 0 Å². The smallest absolute Gasteiger partial charge is 0.392 e. The molecule has 8 N–H and O–H groups in total. The molecule has 1 aromatic heterocycles. The van der Waals surface area contributed by atoms with Gasteiger partial charge in [-0.3, -0.25) is 9.09 Å². The normalized spacial score (nSPS) is 19.8. The van der Waals surface area contributed by atoms with Gasteiger partial charge in [-0.25, -0.2) is 27.3 Å². The molecule has 0 radical (unpaired) electrons. The number of nitrogens with zero attached hydrogens (tertiary/aromatic N) is 2. The van der Waals surface area contributed by atoms with E-state index >= 15 is 0 Å². The molecule has 2 unspecified atom stereocenters. The van der Waals surface area contributed by atoms with Crippen molar-refractivity contribution in [2.75, 3.05) is 32.3 Å². The number of nitrogen functional groups attached to an aromatic ring is 1. The van der Waals surface area contributed by atoms with Crippen LogP contribution in [0.1, 0.15) is 6.23 Å². The van der Waals surface area contributed by atoms with Gasteiger partial charge in [0.1, 0.15) is 25.3 Å². The van der Waals surface area contributed by atoms with Crippen molar-refractivity contribution >= 4 is 29.3 Å².